The van der Waals surface area contributed by atoms with Gasteiger partial charge in [0.2, 0.25) is 0 Å². The molecule has 2 rings (SSSR count). The predicted octanol–water partition coefficient (Wildman–Crippen LogP) is 2.14. The molecule has 2 aliphatic heterocycles. The van der Waals surface area contributed by atoms with Crippen LogP contribution in [0.5, 0.6) is 0 Å². The Labute approximate surface area is 116 Å². The van der Waals surface area contributed by atoms with Crippen molar-refractivity contribution in [2.45, 2.75) is 25.9 Å². The number of nitrogens with zero attached hydrogens (tertiary/aromatic N) is 1. The number of methoxy groups -OCH3 is 1. The summed E-state index contributed by atoms with van der Waals surface area (Å²) in [5, 5.41) is 0. The number of fused-ring (bicyclic) bond motifs is 1. The third-order valence-electron chi connectivity index (χ3n) is 3.68. The largest absolute Gasteiger partial charge is 0.497 e. The Bertz CT molecular complexity index is 332. The fraction of sp³-hybridized carbons (Fsp3) is 0.750. The number of hydrogen-bond donors (Lipinski definition) is 0. The molecular weight excluding hydrogens is 333 g/mol. The molecule has 4 nitrogen and oxygen atoms in total. The molecule has 96 valence electrons. The summed E-state index contributed by atoms with van der Waals surface area (Å²) in [6.45, 7) is 4.13. The maximum atomic E-state index is 11.7. The number of piperidine rings is 1. The van der Waals surface area contributed by atoms with Crippen molar-refractivity contribution in [1.82, 2.24) is 3.11 Å². The van der Waals surface area contributed by atoms with Crippen LogP contribution < -0.4 is 0 Å². The van der Waals surface area contributed by atoms with Gasteiger partial charge in [-0.1, -0.05) is 6.92 Å². The van der Waals surface area contributed by atoms with E-state index in [2.05, 4.69) is 32.9 Å². The third-order valence-corrected chi connectivity index (χ3v) is 4.56. The van der Waals surface area contributed by atoms with E-state index in [4.69, 9.17) is 9.47 Å². The number of halogens is 1. The van der Waals surface area contributed by atoms with Crippen LogP contribution in [-0.2, 0) is 14.3 Å². The van der Waals surface area contributed by atoms with E-state index in [0.29, 0.717) is 17.4 Å². The minimum atomic E-state index is -0.239. The Hall–Kier alpha value is -0.300. The molecule has 1 fully saturated rings. The lowest BCUT2D eigenvalue weighted by Crippen LogP contribution is -2.46. The minimum absolute atomic E-state index is 0.228. The lowest BCUT2D eigenvalue weighted by molar-refractivity contribution is -0.138. The maximum absolute atomic E-state index is 11.7. The molecule has 2 heterocycles. The number of carbonyl (C=O) groups excluding carboxylic acids is 1. The highest BCUT2D eigenvalue weighted by Crippen LogP contribution is 2.39. The highest BCUT2D eigenvalue weighted by molar-refractivity contribution is 14.1. The molecule has 0 aromatic heterocycles. The van der Waals surface area contributed by atoms with Crippen molar-refractivity contribution in [2.75, 3.05) is 20.2 Å². The average Bonchev–Trinajstić information content (AvgIpc) is 2.36. The van der Waals surface area contributed by atoms with Gasteiger partial charge in [0.15, 0.2) is 0 Å². The zero-order chi connectivity index (χ0) is 12.4. The van der Waals surface area contributed by atoms with Crippen LogP contribution >= 0.6 is 22.9 Å². The molecule has 0 saturated carbocycles. The molecule has 0 N–H and O–H groups in total. The van der Waals surface area contributed by atoms with Gasteiger partial charge in [0.05, 0.1) is 18.9 Å². The standard InChI is InChI=1S/C12H18INO3/c1-3-11-9-6-14(13)5-4-8(9)10(7-17-11)12(15)16-2/h7-9,11H,3-6H2,1-2H3. The number of hydrogen-bond acceptors (Lipinski definition) is 4. The second-order valence-corrected chi connectivity index (χ2v) is 5.94. The van der Waals surface area contributed by atoms with Crippen LogP contribution in [0.25, 0.3) is 0 Å². The summed E-state index contributed by atoms with van der Waals surface area (Å²) in [7, 11) is 1.43. The fourth-order valence-electron chi connectivity index (χ4n) is 2.77. The monoisotopic (exact) mass is 351 g/mol. The first kappa shape index (κ1) is 13.1. The zero-order valence-electron chi connectivity index (χ0n) is 10.2. The van der Waals surface area contributed by atoms with Crippen molar-refractivity contribution >= 4 is 28.8 Å². The molecule has 3 unspecified atom stereocenters. The van der Waals surface area contributed by atoms with Crippen LogP contribution in [0.1, 0.15) is 19.8 Å². The molecule has 0 aliphatic carbocycles. The van der Waals surface area contributed by atoms with Gasteiger partial charge < -0.3 is 9.47 Å². The van der Waals surface area contributed by atoms with E-state index in [1.165, 1.54) is 7.11 Å². The van der Waals surface area contributed by atoms with Crippen LogP contribution in [0, 0.1) is 11.8 Å². The predicted molar refractivity (Wildman–Crippen MR) is 72.5 cm³/mol. The van der Waals surface area contributed by atoms with Crippen molar-refractivity contribution in [3.8, 4) is 0 Å². The topological polar surface area (TPSA) is 38.8 Å². The van der Waals surface area contributed by atoms with Crippen molar-refractivity contribution < 1.29 is 14.3 Å². The van der Waals surface area contributed by atoms with Gasteiger partial charge in [0.25, 0.3) is 0 Å². The van der Waals surface area contributed by atoms with Crippen molar-refractivity contribution in [1.29, 1.82) is 0 Å². The lowest BCUT2D eigenvalue weighted by atomic mass is 9.76. The molecule has 0 radical (unpaired) electrons. The van der Waals surface area contributed by atoms with E-state index in [1.807, 2.05) is 0 Å². The van der Waals surface area contributed by atoms with Crippen LogP contribution in [-0.4, -0.2) is 35.4 Å². The highest BCUT2D eigenvalue weighted by Gasteiger charge is 2.41. The Morgan fingerprint density at radius 1 is 1.71 bits per heavy atom. The molecule has 0 aromatic carbocycles. The first-order valence-corrected chi connectivity index (χ1v) is 6.98. The van der Waals surface area contributed by atoms with E-state index in [1.54, 1.807) is 6.26 Å². The molecule has 5 heteroatoms. The zero-order valence-corrected chi connectivity index (χ0v) is 12.3. The van der Waals surface area contributed by atoms with E-state index < -0.39 is 0 Å². The molecule has 0 amide bonds. The summed E-state index contributed by atoms with van der Waals surface area (Å²) >= 11 is 2.35. The van der Waals surface area contributed by atoms with Gasteiger partial charge in [-0.15, -0.1) is 0 Å². The van der Waals surface area contributed by atoms with Crippen molar-refractivity contribution in [3.63, 3.8) is 0 Å². The lowest BCUT2D eigenvalue weighted by Gasteiger charge is -2.42. The summed E-state index contributed by atoms with van der Waals surface area (Å²) in [4.78, 5) is 11.7. The maximum Gasteiger partial charge on any atom is 0.337 e. The number of ether oxygens (including phenoxy) is 2. The molecular formula is C12H18INO3. The van der Waals surface area contributed by atoms with Gasteiger partial charge >= 0.3 is 5.97 Å². The summed E-state index contributed by atoms with van der Waals surface area (Å²) in [5.74, 6) is 0.466. The SMILES string of the molecule is CCC1OC=C(C(=O)OC)C2CCN(I)CC12. The van der Waals surface area contributed by atoms with Crippen LogP contribution in [0.2, 0.25) is 0 Å². The van der Waals surface area contributed by atoms with Crippen molar-refractivity contribution in [2.24, 2.45) is 11.8 Å². The second kappa shape index (κ2) is 5.56. The van der Waals surface area contributed by atoms with Crippen LogP contribution in [0.15, 0.2) is 11.8 Å². The minimum Gasteiger partial charge on any atom is -0.497 e. The van der Waals surface area contributed by atoms with Gasteiger partial charge in [-0.25, -0.2) is 7.91 Å². The van der Waals surface area contributed by atoms with Gasteiger partial charge in [0.1, 0.15) is 6.10 Å². The van der Waals surface area contributed by atoms with Crippen LogP contribution in [0.3, 0.4) is 0 Å². The quantitative estimate of drug-likeness (QED) is 0.434. The Balaban J connectivity index is 2.21. The van der Waals surface area contributed by atoms with Gasteiger partial charge in [-0.3, -0.25) is 0 Å². The Morgan fingerprint density at radius 3 is 3.12 bits per heavy atom. The van der Waals surface area contributed by atoms with Gasteiger partial charge in [-0.05, 0) is 12.8 Å². The average molecular weight is 351 g/mol. The third kappa shape index (κ3) is 2.59. The number of carbonyl (C=O) groups is 1. The Morgan fingerprint density at radius 2 is 2.47 bits per heavy atom. The molecule has 17 heavy (non-hydrogen) atoms. The van der Waals surface area contributed by atoms with Crippen molar-refractivity contribution in [3.05, 3.63) is 11.8 Å². The normalized spacial score (nSPS) is 33.4. The van der Waals surface area contributed by atoms with E-state index in [9.17, 15) is 4.79 Å². The first-order valence-electron chi connectivity index (χ1n) is 6.02. The molecule has 0 spiro atoms. The fourth-order valence-corrected chi connectivity index (χ4v) is 3.50. The van der Waals surface area contributed by atoms with Gasteiger partial charge in [-0.2, -0.15) is 0 Å². The summed E-state index contributed by atoms with van der Waals surface area (Å²) < 4.78 is 12.8. The molecule has 0 bridgehead atoms. The number of rotatable bonds is 2. The molecule has 0 aromatic rings. The van der Waals surface area contributed by atoms with Gasteiger partial charge in [0, 0.05) is 47.8 Å². The first-order chi connectivity index (χ1) is 8.17. The highest BCUT2D eigenvalue weighted by atomic mass is 127. The molecule has 2 aliphatic rings. The number of esters is 1. The molecule has 3 atom stereocenters. The smallest absolute Gasteiger partial charge is 0.337 e. The summed E-state index contributed by atoms with van der Waals surface area (Å²) in [6.07, 6.45) is 3.85. The summed E-state index contributed by atoms with van der Waals surface area (Å²) in [6, 6.07) is 0. The Kier molecular flexibility index (Phi) is 4.30. The summed E-state index contributed by atoms with van der Waals surface area (Å²) in [5.41, 5.74) is 0.715. The van der Waals surface area contributed by atoms with E-state index in [0.717, 1.165) is 25.9 Å². The molecule has 1 saturated heterocycles. The second-order valence-electron chi connectivity index (χ2n) is 4.58. The van der Waals surface area contributed by atoms with E-state index in [-0.39, 0.29) is 12.1 Å². The van der Waals surface area contributed by atoms with Crippen LogP contribution in [0.4, 0.5) is 0 Å². The van der Waals surface area contributed by atoms with E-state index >= 15 is 0 Å².